The lowest BCUT2D eigenvalue weighted by molar-refractivity contribution is -0.189. The number of hydroxylamine groups is 2. The number of β-amino-alcohol motifs (C(OH)–C–C–N with tert-alkyl or cyclic N) is 1. The third kappa shape index (κ3) is 3.19. The molecule has 1 fully saturated rings. The highest BCUT2D eigenvalue weighted by molar-refractivity contribution is 5.75. The van der Waals surface area contributed by atoms with Crippen molar-refractivity contribution in [2.45, 2.75) is 18.7 Å². The Morgan fingerprint density at radius 1 is 1.62 bits per heavy atom. The standard InChI is InChI=1S/C6H8F3NO3/c7-6(8,9)1-5(12)10-2-4(11)3-13-10/h4,11H,1-3H2/t4-/m1/s1. The van der Waals surface area contributed by atoms with E-state index in [1.165, 1.54) is 0 Å². The van der Waals surface area contributed by atoms with E-state index < -0.39 is 24.6 Å². The van der Waals surface area contributed by atoms with Crippen molar-refractivity contribution < 1.29 is 27.9 Å². The summed E-state index contributed by atoms with van der Waals surface area (Å²) in [5, 5.41) is 9.39. The number of rotatable bonds is 1. The van der Waals surface area contributed by atoms with Crippen LogP contribution in [0.4, 0.5) is 13.2 Å². The van der Waals surface area contributed by atoms with Gasteiger partial charge in [0.1, 0.15) is 13.0 Å². The summed E-state index contributed by atoms with van der Waals surface area (Å²) >= 11 is 0. The molecule has 0 aliphatic carbocycles. The van der Waals surface area contributed by atoms with E-state index in [-0.39, 0.29) is 13.2 Å². The average molecular weight is 199 g/mol. The molecule has 1 saturated heterocycles. The number of halogens is 3. The molecule has 13 heavy (non-hydrogen) atoms. The number of hydrogen-bond donors (Lipinski definition) is 1. The van der Waals surface area contributed by atoms with Crippen LogP contribution in [0, 0.1) is 0 Å². The summed E-state index contributed by atoms with van der Waals surface area (Å²) in [4.78, 5) is 15.3. The van der Waals surface area contributed by atoms with Gasteiger partial charge in [-0.3, -0.25) is 9.63 Å². The molecule has 1 atom stereocenters. The first-order chi connectivity index (χ1) is 5.88. The van der Waals surface area contributed by atoms with Gasteiger partial charge in [0.05, 0.1) is 12.6 Å². The first-order valence-corrected chi connectivity index (χ1v) is 3.56. The summed E-state index contributed by atoms with van der Waals surface area (Å²) in [6.07, 6.45) is -6.98. The Balaban J connectivity index is 2.41. The monoisotopic (exact) mass is 199 g/mol. The van der Waals surface area contributed by atoms with Crippen LogP contribution in [0.15, 0.2) is 0 Å². The molecule has 0 aromatic rings. The van der Waals surface area contributed by atoms with Crippen LogP contribution in [0.1, 0.15) is 6.42 Å². The van der Waals surface area contributed by atoms with Gasteiger partial charge in [0.15, 0.2) is 0 Å². The Bertz CT molecular complexity index is 206. The molecule has 1 amide bonds. The lowest BCUT2D eigenvalue weighted by Gasteiger charge is -2.14. The van der Waals surface area contributed by atoms with E-state index in [4.69, 9.17) is 5.11 Å². The summed E-state index contributed by atoms with van der Waals surface area (Å²) in [6.45, 7) is -0.335. The summed E-state index contributed by atoms with van der Waals surface area (Å²) in [5.41, 5.74) is 0. The lowest BCUT2D eigenvalue weighted by Crippen LogP contribution is -2.32. The van der Waals surface area contributed by atoms with E-state index in [2.05, 4.69) is 4.84 Å². The molecule has 7 heteroatoms. The third-order valence-corrected chi connectivity index (χ3v) is 1.43. The minimum Gasteiger partial charge on any atom is -0.389 e. The minimum absolute atomic E-state index is 0.135. The Labute approximate surface area is 71.8 Å². The molecule has 1 rings (SSSR count). The van der Waals surface area contributed by atoms with Gasteiger partial charge in [-0.1, -0.05) is 0 Å². The van der Waals surface area contributed by atoms with Crippen LogP contribution in [0.3, 0.4) is 0 Å². The number of aliphatic hydroxyl groups is 1. The predicted molar refractivity (Wildman–Crippen MR) is 34.3 cm³/mol. The molecule has 1 aliphatic rings. The van der Waals surface area contributed by atoms with Crippen LogP contribution in [0.5, 0.6) is 0 Å². The highest BCUT2D eigenvalue weighted by atomic mass is 19.4. The van der Waals surface area contributed by atoms with Crippen LogP contribution < -0.4 is 0 Å². The number of carbonyl (C=O) groups is 1. The highest BCUT2D eigenvalue weighted by Gasteiger charge is 2.36. The maximum absolute atomic E-state index is 11.7. The Hall–Kier alpha value is -0.820. The van der Waals surface area contributed by atoms with Crippen molar-refractivity contribution in [1.29, 1.82) is 0 Å². The van der Waals surface area contributed by atoms with Crippen LogP contribution in [0.2, 0.25) is 0 Å². The maximum atomic E-state index is 11.7. The van der Waals surface area contributed by atoms with Crippen molar-refractivity contribution in [2.75, 3.05) is 13.2 Å². The molecule has 0 unspecified atom stereocenters. The van der Waals surface area contributed by atoms with Crippen molar-refractivity contribution in [3.8, 4) is 0 Å². The molecular weight excluding hydrogens is 191 g/mol. The summed E-state index contributed by atoms with van der Waals surface area (Å²) in [6, 6.07) is 0. The first kappa shape index (κ1) is 10.3. The van der Waals surface area contributed by atoms with Crippen molar-refractivity contribution in [3.05, 3.63) is 0 Å². The Morgan fingerprint density at radius 2 is 2.23 bits per heavy atom. The summed E-state index contributed by atoms with van der Waals surface area (Å²) in [7, 11) is 0. The van der Waals surface area contributed by atoms with Gasteiger partial charge in [0.25, 0.3) is 5.91 Å². The fourth-order valence-electron chi connectivity index (χ4n) is 0.906. The number of alkyl halides is 3. The maximum Gasteiger partial charge on any atom is 0.397 e. The number of aliphatic hydroxyl groups excluding tert-OH is 1. The normalized spacial score (nSPS) is 23.7. The van der Waals surface area contributed by atoms with Crippen LogP contribution in [-0.2, 0) is 9.63 Å². The van der Waals surface area contributed by atoms with Crippen molar-refractivity contribution in [1.82, 2.24) is 5.06 Å². The highest BCUT2D eigenvalue weighted by Crippen LogP contribution is 2.21. The number of hydrogen-bond acceptors (Lipinski definition) is 3. The van der Waals surface area contributed by atoms with E-state index in [0.29, 0.717) is 5.06 Å². The second-order valence-electron chi connectivity index (χ2n) is 2.70. The average Bonchev–Trinajstić information content (AvgIpc) is 2.31. The molecule has 0 saturated carbocycles. The van der Waals surface area contributed by atoms with E-state index >= 15 is 0 Å². The Kier molecular flexibility index (Phi) is 2.77. The van der Waals surface area contributed by atoms with Crippen molar-refractivity contribution in [3.63, 3.8) is 0 Å². The lowest BCUT2D eigenvalue weighted by atomic mass is 10.3. The molecule has 0 radical (unpaired) electrons. The van der Waals surface area contributed by atoms with E-state index in [1.807, 2.05) is 0 Å². The smallest absolute Gasteiger partial charge is 0.389 e. The van der Waals surface area contributed by atoms with Crippen molar-refractivity contribution >= 4 is 5.91 Å². The molecule has 1 N–H and O–H groups in total. The molecule has 0 aromatic carbocycles. The molecule has 0 aromatic heterocycles. The summed E-state index contributed by atoms with van der Waals surface area (Å²) in [5.74, 6) is -1.18. The zero-order valence-corrected chi connectivity index (χ0v) is 6.54. The number of amides is 1. The van der Waals surface area contributed by atoms with Crippen LogP contribution in [0.25, 0.3) is 0 Å². The zero-order valence-electron chi connectivity index (χ0n) is 6.54. The molecule has 76 valence electrons. The topological polar surface area (TPSA) is 49.8 Å². The zero-order chi connectivity index (χ0) is 10.1. The first-order valence-electron chi connectivity index (χ1n) is 3.56. The molecular formula is C6H8F3NO3. The largest absolute Gasteiger partial charge is 0.397 e. The van der Waals surface area contributed by atoms with E-state index in [9.17, 15) is 18.0 Å². The van der Waals surface area contributed by atoms with Gasteiger partial charge in [-0.05, 0) is 0 Å². The molecule has 0 spiro atoms. The number of nitrogens with zero attached hydrogens (tertiary/aromatic N) is 1. The minimum atomic E-state index is -4.53. The second kappa shape index (κ2) is 3.51. The van der Waals surface area contributed by atoms with E-state index in [0.717, 1.165) is 0 Å². The fourth-order valence-corrected chi connectivity index (χ4v) is 0.906. The van der Waals surface area contributed by atoms with Crippen LogP contribution >= 0.6 is 0 Å². The van der Waals surface area contributed by atoms with Gasteiger partial charge < -0.3 is 5.11 Å². The predicted octanol–water partition coefficient (Wildman–Crippen LogP) is 0.0735. The quantitative estimate of drug-likeness (QED) is 0.650. The van der Waals surface area contributed by atoms with Gasteiger partial charge in [0.2, 0.25) is 0 Å². The van der Waals surface area contributed by atoms with Crippen LogP contribution in [-0.4, -0.2) is 41.5 Å². The fraction of sp³-hybridized carbons (Fsp3) is 0.833. The third-order valence-electron chi connectivity index (χ3n) is 1.43. The van der Waals surface area contributed by atoms with Gasteiger partial charge in [-0.25, -0.2) is 5.06 Å². The summed E-state index contributed by atoms with van der Waals surface area (Å²) < 4.78 is 35.1. The molecule has 1 aliphatic heterocycles. The second-order valence-corrected chi connectivity index (χ2v) is 2.70. The number of carbonyl (C=O) groups excluding carboxylic acids is 1. The molecule has 4 nitrogen and oxygen atoms in total. The van der Waals surface area contributed by atoms with Gasteiger partial charge in [-0.15, -0.1) is 0 Å². The van der Waals surface area contributed by atoms with Gasteiger partial charge >= 0.3 is 6.18 Å². The SMILES string of the molecule is O=C(CC(F)(F)F)N1C[C@@H](O)CO1. The van der Waals surface area contributed by atoms with E-state index in [1.54, 1.807) is 0 Å². The molecule has 0 bridgehead atoms. The Morgan fingerprint density at radius 3 is 2.62 bits per heavy atom. The van der Waals surface area contributed by atoms with Crippen molar-refractivity contribution in [2.24, 2.45) is 0 Å². The molecule has 1 heterocycles. The van der Waals surface area contributed by atoms with Gasteiger partial charge in [-0.2, -0.15) is 13.2 Å². The van der Waals surface area contributed by atoms with Gasteiger partial charge in [0, 0.05) is 0 Å².